The predicted molar refractivity (Wildman–Crippen MR) is 68.1 cm³/mol. The summed E-state index contributed by atoms with van der Waals surface area (Å²) in [6.45, 7) is 1.87. The van der Waals surface area contributed by atoms with E-state index in [2.05, 4.69) is 24.3 Å². The molecule has 0 spiro atoms. The summed E-state index contributed by atoms with van der Waals surface area (Å²) in [4.78, 5) is 0. The Balaban J connectivity index is 2.44. The molecule has 2 aromatic rings. The van der Waals surface area contributed by atoms with Crippen LogP contribution in [0.2, 0.25) is 0 Å². The van der Waals surface area contributed by atoms with Crippen LogP contribution in [-0.2, 0) is 0 Å². The van der Waals surface area contributed by atoms with E-state index in [-0.39, 0.29) is 5.92 Å². The van der Waals surface area contributed by atoms with Gasteiger partial charge in [-0.1, -0.05) is 60.7 Å². The maximum atomic E-state index is 7.93. The van der Waals surface area contributed by atoms with Crippen molar-refractivity contribution in [1.29, 1.82) is 5.41 Å². The zero-order valence-electron chi connectivity index (χ0n) is 9.35. The number of rotatable bonds is 3. The topological polar surface area (TPSA) is 23.9 Å². The van der Waals surface area contributed by atoms with Gasteiger partial charge in [0.05, 0.1) is 0 Å². The Morgan fingerprint density at radius 3 is 1.50 bits per heavy atom. The van der Waals surface area contributed by atoms with Crippen LogP contribution >= 0.6 is 0 Å². The molecule has 0 bridgehead atoms. The molecule has 2 rings (SSSR count). The average molecular weight is 209 g/mol. The van der Waals surface area contributed by atoms with Crippen molar-refractivity contribution in [3.8, 4) is 0 Å². The van der Waals surface area contributed by atoms with Gasteiger partial charge in [-0.15, -0.1) is 0 Å². The van der Waals surface area contributed by atoms with Gasteiger partial charge < -0.3 is 5.41 Å². The van der Waals surface area contributed by atoms with Crippen LogP contribution in [0.4, 0.5) is 0 Å². The maximum Gasteiger partial charge on any atom is 0.0463 e. The van der Waals surface area contributed by atoms with E-state index in [1.165, 1.54) is 11.1 Å². The van der Waals surface area contributed by atoms with Crippen LogP contribution in [0.5, 0.6) is 0 Å². The second-order valence-electron chi connectivity index (χ2n) is 3.94. The third-order valence-electron chi connectivity index (χ3n) is 2.70. The molecular weight excluding hydrogens is 194 g/mol. The highest BCUT2D eigenvalue weighted by atomic mass is 14.4. The van der Waals surface area contributed by atoms with Crippen LogP contribution in [0.15, 0.2) is 60.7 Å². The molecule has 16 heavy (non-hydrogen) atoms. The first-order chi connectivity index (χ1) is 7.79. The lowest BCUT2D eigenvalue weighted by Gasteiger charge is -2.16. The van der Waals surface area contributed by atoms with Crippen molar-refractivity contribution in [2.75, 3.05) is 0 Å². The lowest BCUT2D eigenvalue weighted by Crippen LogP contribution is -2.09. The third-order valence-corrected chi connectivity index (χ3v) is 2.70. The summed E-state index contributed by atoms with van der Waals surface area (Å²) in [5.41, 5.74) is 3.04. The minimum Gasteiger partial charge on any atom is -0.309 e. The van der Waals surface area contributed by atoms with E-state index in [0.29, 0.717) is 5.71 Å². The lowest BCUT2D eigenvalue weighted by atomic mass is 9.88. The zero-order valence-corrected chi connectivity index (χ0v) is 9.35. The quantitative estimate of drug-likeness (QED) is 0.742. The van der Waals surface area contributed by atoms with Crippen LogP contribution in [0, 0.1) is 5.41 Å². The molecule has 0 aliphatic heterocycles. The van der Waals surface area contributed by atoms with Crippen molar-refractivity contribution in [1.82, 2.24) is 0 Å². The van der Waals surface area contributed by atoms with E-state index >= 15 is 0 Å². The van der Waals surface area contributed by atoms with Gasteiger partial charge in [0.25, 0.3) is 0 Å². The second kappa shape index (κ2) is 4.75. The minimum absolute atomic E-state index is 0.0856. The highest BCUT2D eigenvalue weighted by Gasteiger charge is 2.15. The summed E-state index contributed by atoms with van der Waals surface area (Å²) in [6, 6.07) is 20.4. The van der Waals surface area contributed by atoms with Gasteiger partial charge in [0.15, 0.2) is 0 Å². The summed E-state index contributed by atoms with van der Waals surface area (Å²) in [5, 5.41) is 7.93. The SMILES string of the molecule is CC(=N)C(c1ccccc1)c1ccccc1. The fourth-order valence-corrected chi connectivity index (χ4v) is 1.98. The first-order valence-electron chi connectivity index (χ1n) is 5.44. The average Bonchev–Trinajstić information content (AvgIpc) is 2.31. The molecule has 0 atom stereocenters. The third kappa shape index (κ3) is 2.19. The maximum absolute atomic E-state index is 7.93. The summed E-state index contributed by atoms with van der Waals surface area (Å²) in [6.07, 6.45) is 0. The van der Waals surface area contributed by atoms with Crippen LogP contribution < -0.4 is 0 Å². The summed E-state index contributed by atoms with van der Waals surface area (Å²) < 4.78 is 0. The lowest BCUT2D eigenvalue weighted by molar-refractivity contribution is 1.05. The van der Waals surface area contributed by atoms with Crippen LogP contribution in [0.3, 0.4) is 0 Å². The molecule has 0 aliphatic carbocycles. The molecule has 80 valence electrons. The molecule has 0 radical (unpaired) electrons. The highest BCUT2D eigenvalue weighted by Crippen LogP contribution is 2.25. The summed E-state index contributed by atoms with van der Waals surface area (Å²) >= 11 is 0. The Bertz CT molecular complexity index is 420. The van der Waals surface area contributed by atoms with Gasteiger partial charge in [-0.2, -0.15) is 0 Å². The molecule has 1 N–H and O–H groups in total. The number of nitrogens with one attached hydrogen (secondary N) is 1. The van der Waals surface area contributed by atoms with Gasteiger partial charge in [0.1, 0.15) is 0 Å². The molecule has 0 fully saturated rings. The Hall–Kier alpha value is -1.89. The number of hydrogen-bond donors (Lipinski definition) is 1. The first kappa shape index (κ1) is 10.6. The van der Waals surface area contributed by atoms with Crippen molar-refractivity contribution < 1.29 is 0 Å². The molecule has 0 aliphatic rings. The molecule has 2 aromatic carbocycles. The Labute approximate surface area is 96.3 Å². The summed E-state index contributed by atoms with van der Waals surface area (Å²) in [5.74, 6) is 0.0856. The molecule has 0 amide bonds. The fraction of sp³-hybridized carbons (Fsp3) is 0.133. The second-order valence-corrected chi connectivity index (χ2v) is 3.94. The molecule has 0 unspecified atom stereocenters. The smallest absolute Gasteiger partial charge is 0.0463 e. The van der Waals surface area contributed by atoms with Crippen molar-refractivity contribution in [2.24, 2.45) is 0 Å². The van der Waals surface area contributed by atoms with Gasteiger partial charge in [-0.05, 0) is 18.1 Å². The van der Waals surface area contributed by atoms with E-state index in [1.807, 2.05) is 43.3 Å². The molecule has 1 heteroatoms. The molecule has 0 heterocycles. The van der Waals surface area contributed by atoms with E-state index in [0.717, 1.165) is 0 Å². The van der Waals surface area contributed by atoms with Crippen molar-refractivity contribution >= 4 is 5.71 Å². The Morgan fingerprint density at radius 2 is 1.19 bits per heavy atom. The molecule has 1 nitrogen and oxygen atoms in total. The largest absolute Gasteiger partial charge is 0.309 e. The van der Waals surface area contributed by atoms with E-state index in [1.54, 1.807) is 0 Å². The minimum atomic E-state index is 0.0856. The highest BCUT2D eigenvalue weighted by molar-refractivity contribution is 5.89. The van der Waals surface area contributed by atoms with Crippen LogP contribution in [-0.4, -0.2) is 5.71 Å². The van der Waals surface area contributed by atoms with Gasteiger partial charge in [0, 0.05) is 11.6 Å². The molecule has 0 saturated heterocycles. The van der Waals surface area contributed by atoms with Gasteiger partial charge in [-0.3, -0.25) is 0 Å². The van der Waals surface area contributed by atoms with E-state index in [9.17, 15) is 0 Å². The fourth-order valence-electron chi connectivity index (χ4n) is 1.98. The Kier molecular flexibility index (Phi) is 3.16. The predicted octanol–water partition coefficient (Wildman–Crippen LogP) is 3.86. The van der Waals surface area contributed by atoms with Crippen molar-refractivity contribution in [2.45, 2.75) is 12.8 Å². The molecular formula is C15H15N. The van der Waals surface area contributed by atoms with Crippen LogP contribution in [0.1, 0.15) is 24.0 Å². The first-order valence-corrected chi connectivity index (χ1v) is 5.44. The molecule has 0 aromatic heterocycles. The zero-order chi connectivity index (χ0) is 11.4. The number of hydrogen-bond acceptors (Lipinski definition) is 1. The monoisotopic (exact) mass is 209 g/mol. The van der Waals surface area contributed by atoms with Crippen LogP contribution in [0.25, 0.3) is 0 Å². The number of benzene rings is 2. The Morgan fingerprint density at radius 1 is 0.812 bits per heavy atom. The van der Waals surface area contributed by atoms with Gasteiger partial charge in [-0.25, -0.2) is 0 Å². The normalized spacial score (nSPS) is 10.4. The van der Waals surface area contributed by atoms with E-state index in [4.69, 9.17) is 5.41 Å². The van der Waals surface area contributed by atoms with Crippen molar-refractivity contribution in [3.63, 3.8) is 0 Å². The van der Waals surface area contributed by atoms with Crippen molar-refractivity contribution in [3.05, 3.63) is 71.8 Å². The standard InChI is InChI=1S/C15H15N/c1-12(16)15(13-8-4-2-5-9-13)14-10-6-3-7-11-14/h2-11,15-16H,1H3. The molecule has 0 saturated carbocycles. The van der Waals surface area contributed by atoms with Gasteiger partial charge >= 0.3 is 0 Å². The summed E-state index contributed by atoms with van der Waals surface area (Å²) in [7, 11) is 0. The van der Waals surface area contributed by atoms with Gasteiger partial charge in [0.2, 0.25) is 0 Å². The van der Waals surface area contributed by atoms with E-state index < -0.39 is 0 Å².